The summed E-state index contributed by atoms with van der Waals surface area (Å²) in [5.41, 5.74) is 0.473. The smallest absolute Gasteiger partial charge is 0.313 e. The summed E-state index contributed by atoms with van der Waals surface area (Å²) in [4.78, 5) is 17.2. The molecule has 2 rings (SSSR count). The van der Waals surface area contributed by atoms with Gasteiger partial charge in [0.1, 0.15) is 5.75 Å². The molecule has 0 unspecified atom stereocenters. The number of aliphatic imine (C=N–C) groups is 1. The molecule has 8 nitrogen and oxygen atoms in total. The van der Waals surface area contributed by atoms with Gasteiger partial charge >= 0.3 is 5.97 Å². The van der Waals surface area contributed by atoms with Gasteiger partial charge in [-0.3, -0.25) is 4.79 Å². The molecule has 0 aromatic heterocycles. The van der Waals surface area contributed by atoms with Crippen molar-refractivity contribution >= 4 is 35.9 Å². The first-order valence-electron chi connectivity index (χ1n) is 10.5. The first kappa shape index (κ1) is 27.4. The fourth-order valence-corrected chi connectivity index (χ4v) is 3.29. The molecular formula is C22H36IN3O5. The molecule has 1 heterocycles. The number of rotatable bonds is 11. The second-order valence-electron chi connectivity index (χ2n) is 7.23. The van der Waals surface area contributed by atoms with E-state index in [1.54, 1.807) is 7.11 Å². The highest BCUT2D eigenvalue weighted by Gasteiger charge is 2.41. The molecule has 1 aliphatic heterocycles. The Hall–Kier alpha value is -1.59. The fraction of sp³-hybridized carbons (Fsp3) is 0.636. The van der Waals surface area contributed by atoms with Crippen LogP contribution in [0.5, 0.6) is 5.75 Å². The first-order valence-corrected chi connectivity index (χ1v) is 10.5. The van der Waals surface area contributed by atoms with E-state index >= 15 is 0 Å². The molecule has 1 aromatic rings. The Balaban J connectivity index is 0.00000480. The van der Waals surface area contributed by atoms with Gasteiger partial charge in [0.2, 0.25) is 0 Å². The molecular weight excluding hydrogens is 513 g/mol. The Morgan fingerprint density at radius 2 is 1.87 bits per heavy atom. The van der Waals surface area contributed by atoms with E-state index in [4.69, 9.17) is 23.9 Å². The highest BCUT2D eigenvalue weighted by Crippen LogP contribution is 2.31. The maximum absolute atomic E-state index is 12.5. The van der Waals surface area contributed by atoms with E-state index in [1.165, 1.54) is 7.11 Å². The lowest BCUT2D eigenvalue weighted by molar-refractivity contribution is -0.158. The van der Waals surface area contributed by atoms with Gasteiger partial charge in [0.15, 0.2) is 5.96 Å². The highest BCUT2D eigenvalue weighted by atomic mass is 127. The summed E-state index contributed by atoms with van der Waals surface area (Å²) in [5.74, 6) is 1.27. The van der Waals surface area contributed by atoms with Crippen LogP contribution in [0.4, 0.5) is 0 Å². The minimum absolute atomic E-state index is 0. The van der Waals surface area contributed by atoms with Crippen molar-refractivity contribution in [3.8, 4) is 5.75 Å². The van der Waals surface area contributed by atoms with Gasteiger partial charge in [-0.2, -0.15) is 0 Å². The Morgan fingerprint density at radius 1 is 1.16 bits per heavy atom. The predicted molar refractivity (Wildman–Crippen MR) is 131 cm³/mol. The summed E-state index contributed by atoms with van der Waals surface area (Å²) >= 11 is 0. The summed E-state index contributed by atoms with van der Waals surface area (Å²) < 4.78 is 21.1. The van der Waals surface area contributed by atoms with Crippen molar-refractivity contribution in [3.63, 3.8) is 0 Å². The highest BCUT2D eigenvalue weighted by molar-refractivity contribution is 14.0. The Kier molecular flexibility index (Phi) is 13.5. The lowest BCUT2D eigenvalue weighted by Crippen LogP contribution is -2.50. The number of benzene rings is 1. The first-order chi connectivity index (χ1) is 14.6. The van der Waals surface area contributed by atoms with Crippen molar-refractivity contribution in [3.05, 3.63) is 29.8 Å². The lowest BCUT2D eigenvalue weighted by atomic mass is 9.80. The van der Waals surface area contributed by atoms with Crippen LogP contribution in [0.2, 0.25) is 0 Å². The molecule has 0 radical (unpaired) electrons. The van der Waals surface area contributed by atoms with E-state index in [1.807, 2.05) is 31.2 Å². The van der Waals surface area contributed by atoms with Crippen LogP contribution in [0.15, 0.2) is 29.3 Å². The number of hydrogen-bond donors (Lipinski definition) is 2. The molecule has 0 atom stereocenters. The molecule has 1 aromatic carbocycles. The topological polar surface area (TPSA) is 90.4 Å². The van der Waals surface area contributed by atoms with E-state index in [0.29, 0.717) is 58.3 Å². The van der Waals surface area contributed by atoms with E-state index in [2.05, 4.69) is 10.6 Å². The summed E-state index contributed by atoms with van der Waals surface area (Å²) in [5, 5.41) is 6.68. The van der Waals surface area contributed by atoms with Crippen LogP contribution in [0.3, 0.4) is 0 Å². The van der Waals surface area contributed by atoms with Crippen molar-refractivity contribution in [2.75, 3.05) is 53.7 Å². The number of halogens is 1. The number of hydrogen-bond acceptors (Lipinski definition) is 6. The summed E-state index contributed by atoms with van der Waals surface area (Å²) in [7, 11) is 3.08. The van der Waals surface area contributed by atoms with Gasteiger partial charge in [-0.25, -0.2) is 4.99 Å². The third kappa shape index (κ3) is 9.20. The molecule has 1 saturated heterocycles. The molecule has 0 spiro atoms. The molecule has 0 bridgehead atoms. The largest absolute Gasteiger partial charge is 0.497 e. The van der Waals surface area contributed by atoms with Crippen LogP contribution in [0.25, 0.3) is 0 Å². The van der Waals surface area contributed by atoms with Crippen molar-refractivity contribution in [2.45, 2.75) is 32.7 Å². The number of nitrogens with zero attached hydrogens (tertiary/aromatic N) is 1. The van der Waals surface area contributed by atoms with Crippen LogP contribution in [-0.2, 0) is 25.5 Å². The van der Waals surface area contributed by atoms with E-state index in [0.717, 1.165) is 24.3 Å². The Labute approximate surface area is 202 Å². The Morgan fingerprint density at radius 3 is 2.48 bits per heavy atom. The molecule has 0 saturated carbocycles. The number of guanidine groups is 1. The zero-order valence-electron chi connectivity index (χ0n) is 18.8. The van der Waals surface area contributed by atoms with E-state index in [-0.39, 0.29) is 29.9 Å². The zero-order valence-corrected chi connectivity index (χ0v) is 21.1. The van der Waals surface area contributed by atoms with Crippen molar-refractivity contribution in [1.82, 2.24) is 10.6 Å². The standard InChI is InChI=1S/C22H35N3O5.HI/c1-4-29-13-5-12-23-21(24-16-18-6-8-19(27-2)9-7-18)25-17-22(20(26)28-3)10-14-30-15-11-22;/h6-9H,4-5,10-17H2,1-3H3,(H2,23,24,25);1H. The molecule has 1 fully saturated rings. The second-order valence-corrected chi connectivity index (χ2v) is 7.23. The minimum Gasteiger partial charge on any atom is -0.497 e. The third-order valence-electron chi connectivity index (χ3n) is 5.20. The molecule has 1 aliphatic rings. The lowest BCUT2D eigenvalue weighted by Gasteiger charge is -2.34. The van der Waals surface area contributed by atoms with Crippen LogP contribution >= 0.6 is 24.0 Å². The second kappa shape index (κ2) is 15.3. The Bertz CT molecular complexity index is 664. The summed E-state index contributed by atoms with van der Waals surface area (Å²) in [6.45, 7) is 6.18. The minimum atomic E-state index is -0.596. The molecule has 176 valence electrons. The summed E-state index contributed by atoms with van der Waals surface area (Å²) in [6.07, 6.45) is 2.12. The fourth-order valence-electron chi connectivity index (χ4n) is 3.29. The van der Waals surface area contributed by atoms with E-state index < -0.39 is 5.41 Å². The van der Waals surface area contributed by atoms with E-state index in [9.17, 15) is 4.79 Å². The number of nitrogens with one attached hydrogen (secondary N) is 2. The normalized spacial score (nSPS) is 15.5. The van der Waals surface area contributed by atoms with Crippen molar-refractivity contribution in [2.24, 2.45) is 10.4 Å². The predicted octanol–water partition coefficient (Wildman–Crippen LogP) is 2.74. The van der Waals surface area contributed by atoms with Gasteiger partial charge in [-0.05, 0) is 43.9 Å². The van der Waals surface area contributed by atoms with Gasteiger partial charge in [0.25, 0.3) is 0 Å². The third-order valence-corrected chi connectivity index (χ3v) is 5.20. The van der Waals surface area contributed by atoms with Crippen LogP contribution in [0.1, 0.15) is 31.7 Å². The SMILES string of the molecule is CCOCCCNC(=NCc1ccc(OC)cc1)NCC1(C(=O)OC)CCOCC1.I. The number of ether oxygens (including phenoxy) is 4. The average molecular weight is 549 g/mol. The molecule has 31 heavy (non-hydrogen) atoms. The van der Waals surface area contributed by atoms with Gasteiger partial charge in [-0.1, -0.05) is 12.1 Å². The van der Waals surface area contributed by atoms with Gasteiger partial charge < -0.3 is 29.6 Å². The average Bonchev–Trinajstić information content (AvgIpc) is 2.80. The quantitative estimate of drug-likeness (QED) is 0.144. The van der Waals surface area contributed by atoms with Gasteiger partial charge in [0, 0.05) is 39.5 Å². The number of esters is 1. The van der Waals surface area contributed by atoms with Crippen molar-refractivity contribution < 1.29 is 23.7 Å². The number of carbonyl (C=O) groups excluding carboxylic acids is 1. The monoisotopic (exact) mass is 549 g/mol. The van der Waals surface area contributed by atoms with Crippen LogP contribution < -0.4 is 15.4 Å². The van der Waals surface area contributed by atoms with Crippen molar-refractivity contribution in [1.29, 1.82) is 0 Å². The molecule has 2 N–H and O–H groups in total. The zero-order chi connectivity index (χ0) is 21.7. The van der Waals surface area contributed by atoms with Crippen LogP contribution in [-0.4, -0.2) is 65.7 Å². The maximum atomic E-state index is 12.5. The van der Waals surface area contributed by atoms with Gasteiger partial charge in [0.05, 0.1) is 26.2 Å². The maximum Gasteiger partial charge on any atom is 0.313 e. The molecule has 0 aliphatic carbocycles. The summed E-state index contributed by atoms with van der Waals surface area (Å²) in [6, 6.07) is 7.82. The van der Waals surface area contributed by atoms with Gasteiger partial charge in [-0.15, -0.1) is 24.0 Å². The molecule has 0 amide bonds. The van der Waals surface area contributed by atoms with Crippen LogP contribution in [0, 0.1) is 5.41 Å². The number of carbonyl (C=O) groups is 1. The number of methoxy groups -OCH3 is 2. The molecule has 9 heteroatoms.